The summed E-state index contributed by atoms with van der Waals surface area (Å²) >= 11 is 0. The molecule has 22 heavy (non-hydrogen) atoms. The van der Waals surface area contributed by atoms with E-state index in [2.05, 4.69) is 22.8 Å². The van der Waals surface area contributed by atoms with Gasteiger partial charge in [-0.3, -0.25) is 5.32 Å². The Morgan fingerprint density at radius 1 is 1.23 bits per heavy atom. The van der Waals surface area contributed by atoms with Crippen LogP contribution in [0.25, 0.3) is 0 Å². The van der Waals surface area contributed by atoms with Gasteiger partial charge in [0.1, 0.15) is 5.60 Å². The van der Waals surface area contributed by atoms with E-state index in [0.717, 1.165) is 18.2 Å². The molecule has 3 rings (SSSR count). The van der Waals surface area contributed by atoms with Gasteiger partial charge in [0.05, 0.1) is 0 Å². The van der Waals surface area contributed by atoms with Gasteiger partial charge in [-0.2, -0.15) is 0 Å². The number of hydrogen-bond donors (Lipinski definition) is 2. The molecule has 2 N–H and O–H groups in total. The number of hydrogen-bond acceptors (Lipinski definition) is 3. The van der Waals surface area contributed by atoms with Gasteiger partial charge in [0.25, 0.3) is 0 Å². The summed E-state index contributed by atoms with van der Waals surface area (Å²) in [6.45, 7) is 5.61. The van der Waals surface area contributed by atoms with Crippen molar-refractivity contribution < 1.29 is 9.53 Å². The summed E-state index contributed by atoms with van der Waals surface area (Å²) in [6, 6.07) is 7.43. The van der Waals surface area contributed by atoms with Gasteiger partial charge in [-0.25, -0.2) is 4.79 Å². The molecule has 1 aromatic rings. The summed E-state index contributed by atoms with van der Waals surface area (Å²) in [5.74, 6) is 0. The molecule has 1 atom stereocenters. The van der Waals surface area contributed by atoms with Crippen molar-refractivity contribution in [2.45, 2.75) is 70.6 Å². The normalized spacial score (nSPS) is 21.1. The Kier molecular flexibility index (Phi) is 4.13. The first-order valence-electron chi connectivity index (χ1n) is 8.29. The summed E-state index contributed by atoms with van der Waals surface area (Å²) in [5.41, 5.74) is 3.09. The average molecular weight is 302 g/mol. The molecule has 0 radical (unpaired) electrons. The molecule has 4 nitrogen and oxygen atoms in total. The van der Waals surface area contributed by atoms with E-state index >= 15 is 0 Å². The van der Waals surface area contributed by atoms with E-state index in [9.17, 15) is 4.79 Å². The zero-order valence-electron chi connectivity index (χ0n) is 13.7. The fourth-order valence-electron chi connectivity index (χ4n) is 3.02. The number of aryl methyl sites for hydroxylation is 1. The van der Waals surface area contributed by atoms with Gasteiger partial charge in [0, 0.05) is 17.8 Å². The van der Waals surface area contributed by atoms with E-state index in [1.807, 2.05) is 26.8 Å². The number of benzene rings is 1. The first kappa shape index (κ1) is 15.3. The second-order valence-electron chi connectivity index (χ2n) is 7.43. The molecule has 0 heterocycles. The molecule has 0 saturated heterocycles. The Labute approximate surface area is 132 Å². The molecule has 1 saturated carbocycles. The highest BCUT2D eigenvalue weighted by Gasteiger charge is 2.28. The smallest absolute Gasteiger partial charge is 0.412 e. The van der Waals surface area contributed by atoms with Crippen LogP contribution < -0.4 is 10.6 Å². The Hall–Kier alpha value is -1.55. The van der Waals surface area contributed by atoms with Crippen LogP contribution >= 0.6 is 0 Å². The third-order valence-corrected chi connectivity index (χ3v) is 4.12. The van der Waals surface area contributed by atoms with Crippen LogP contribution in [0.5, 0.6) is 0 Å². The molecular formula is C18H26N2O2. The molecule has 1 aromatic carbocycles. The van der Waals surface area contributed by atoms with Crippen molar-refractivity contribution in [1.82, 2.24) is 5.32 Å². The molecule has 2 aliphatic carbocycles. The Morgan fingerprint density at radius 2 is 2.00 bits per heavy atom. The van der Waals surface area contributed by atoms with Crippen molar-refractivity contribution in [3.63, 3.8) is 0 Å². The third-order valence-electron chi connectivity index (χ3n) is 4.12. The fourth-order valence-corrected chi connectivity index (χ4v) is 3.02. The molecule has 2 aliphatic rings. The second-order valence-corrected chi connectivity index (χ2v) is 7.43. The van der Waals surface area contributed by atoms with E-state index in [-0.39, 0.29) is 0 Å². The third kappa shape index (κ3) is 4.01. The lowest BCUT2D eigenvalue weighted by Crippen LogP contribution is -2.28. The van der Waals surface area contributed by atoms with Crippen molar-refractivity contribution in [3.05, 3.63) is 29.3 Å². The lowest BCUT2D eigenvalue weighted by atomic mass is 9.87. The van der Waals surface area contributed by atoms with Crippen LogP contribution in [0.2, 0.25) is 0 Å². The van der Waals surface area contributed by atoms with E-state index in [1.165, 1.54) is 36.8 Å². The maximum absolute atomic E-state index is 11.9. The Bertz CT molecular complexity index is 559. The standard InChI is InChI=1S/C18H26N2O2/c1-18(2,3)22-17(21)20-14-9-10-15-12(11-14)5-4-6-16(15)19-13-7-8-13/h9-11,13,16,19H,4-8H2,1-3H3,(H,20,21). The topological polar surface area (TPSA) is 50.4 Å². The Morgan fingerprint density at radius 3 is 2.68 bits per heavy atom. The minimum Gasteiger partial charge on any atom is -0.444 e. The number of nitrogens with one attached hydrogen (secondary N) is 2. The zero-order chi connectivity index (χ0) is 15.7. The quantitative estimate of drug-likeness (QED) is 0.881. The maximum Gasteiger partial charge on any atom is 0.412 e. The van der Waals surface area contributed by atoms with Crippen LogP contribution in [0.15, 0.2) is 18.2 Å². The average Bonchev–Trinajstić information content (AvgIpc) is 3.20. The lowest BCUT2D eigenvalue weighted by Gasteiger charge is -2.27. The molecule has 0 aliphatic heterocycles. The van der Waals surface area contributed by atoms with Crippen molar-refractivity contribution in [1.29, 1.82) is 0 Å². The number of anilines is 1. The second kappa shape index (κ2) is 5.92. The van der Waals surface area contributed by atoms with Crippen LogP contribution in [0.3, 0.4) is 0 Å². The van der Waals surface area contributed by atoms with Crippen LogP contribution in [-0.4, -0.2) is 17.7 Å². The minimum absolute atomic E-state index is 0.393. The van der Waals surface area contributed by atoms with Crippen LogP contribution in [-0.2, 0) is 11.2 Å². The molecule has 4 heteroatoms. The van der Waals surface area contributed by atoms with E-state index < -0.39 is 11.7 Å². The molecule has 1 fully saturated rings. The SMILES string of the molecule is CC(C)(C)OC(=O)Nc1ccc2c(c1)CCCC2NC1CC1. The number of amides is 1. The van der Waals surface area contributed by atoms with E-state index in [4.69, 9.17) is 4.74 Å². The number of rotatable bonds is 3. The van der Waals surface area contributed by atoms with Crippen molar-refractivity contribution in [2.24, 2.45) is 0 Å². The van der Waals surface area contributed by atoms with Gasteiger partial charge in [-0.15, -0.1) is 0 Å². The van der Waals surface area contributed by atoms with E-state index in [0.29, 0.717) is 6.04 Å². The van der Waals surface area contributed by atoms with Crippen molar-refractivity contribution >= 4 is 11.8 Å². The Balaban J connectivity index is 1.69. The zero-order valence-corrected chi connectivity index (χ0v) is 13.7. The van der Waals surface area contributed by atoms with Crippen LogP contribution in [0, 0.1) is 0 Å². The van der Waals surface area contributed by atoms with Crippen LogP contribution in [0.1, 0.15) is 63.6 Å². The first-order chi connectivity index (χ1) is 10.4. The summed E-state index contributed by atoms with van der Waals surface area (Å²) in [4.78, 5) is 11.9. The highest BCUT2D eigenvalue weighted by atomic mass is 16.6. The van der Waals surface area contributed by atoms with Gasteiger partial charge in [-0.05, 0) is 76.1 Å². The van der Waals surface area contributed by atoms with E-state index in [1.54, 1.807) is 0 Å². The minimum atomic E-state index is -0.475. The summed E-state index contributed by atoms with van der Waals surface area (Å²) in [5, 5.41) is 6.56. The van der Waals surface area contributed by atoms with Gasteiger partial charge in [0.2, 0.25) is 0 Å². The van der Waals surface area contributed by atoms with Crippen molar-refractivity contribution in [2.75, 3.05) is 5.32 Å². The molecular weight excluding hydrogens is 276 g/mol. The van der Waals surface area contributed by atoms with Gasteiger partial charge < -0.3 is 10.1 Å². The number of ether oxygens (including phenoxy) is 1. The predicted octanol–water partition coefficient (Wildman–Crippen LogP) is 4.16. The van der Waals surface area contributed by atoms with Gasteiger partial charge in [-0.1, -0.05) is 6.07 Å². The van der Waals surface area contributed by atoms with Crippen molar-refractivity contribution in [3.8, 4) is 0 Å². The molecule has 0 aromatic heterocycles. The maximum atomic E-state index is 11.9. The highest BCUT2D eigenvalue weighted by molar-refractivity contribution is 5.85. The lowest BCUT2D eigenvalue weighted by molar-refractivity contribution is 0.0636. The summed E-state index contributed by atoms with van der Waals surface area (Å²) in [6.07, 6.45) is 5.72. The first-order valence-corrected chi connectivity index (χ1v) is 8.29. The highest BCUT2D eigenvalue weighted by Crippen LogP contribution is 2.34. The molecule has 1 unspecified atom stereocenters. The predicted molar refractivity (Wildman–Crippen MR) is 88.1 cm³/mol. The summed E-state index contributed by atoms with van der Waals surface area (Å²) in [7, 11) is 0. The molecule has 120 valence electrons. The number of carbonyl (C=O) groups is 1. The van der Waals surface area contributed by atoms with Crippen LogP contribution in [0.4, 0.5) is 10.5 Å². The van der Waals surface area contributed by atoms with Gasteiger partial charge in [0.15, 0.2) is 0 Å². The monoisotopic (exact) mass is 302 g/mol. The fraction of sp³-hybridized carbons (Fsp3) is 0.611. The number of carbonyl (C=O) groups excluding carboxylic acids is 1. The molecule has 0 spiro atoms. The van der Waals surface area contributed by atoms with Gasteiger partial charge >= 0.3 is 6.09 Å². The summed E-state index contributed by atoms with van der Waals surface area (Å²) < 4.78 is 5.31. The number of fused-ring (bicyclic) bond motifs is 1. The molecule has 0 bridgehead atoms. The largest absolute Gasteiger partial charge is 0.444 e. The molecule has 1 amide bonds.